The number of benzene rings is 1. The Bertz CT molecular complexity index is 587. The lowest BCUT2D eigenvalue weighted by atomic mass is 10.1. The van der Waals surface area contributed by atoms with E-state index in [9.17, 15) is 0 Å². The Kier molecular flexibility index (Phi) is 4.71. The van der Waals surface area contributed by atoms with Crippen molar-refractivity contribution in [2.45, 2.75) is 23.5 Å². The molecule has 1 aliphatic rings. The zero-order chi connectivity index (χ0) is 13.9. The fourth-order valence-electron chi connectivity index (χ4n) is 2.33. The fourth-order valence-corrected chi connectivity index (χ4v) is 4.92. The molecule has 20 heavy (non-hydrogen) atoms. The van der Waals surface area contributed by atoms with Crippen molar-refractivity contribution in [2.24, 2.45) is 0 Å². The van der Waals surface area contributed by atoms with E-state index in [0.29, 0.717) is 6.04 Å². The average molecular weight is 370 g/mol. The Labute approximate surface area is 136 Å². The summed E-state index contributed by atoms with van der Waals surface area (Å²) >= 11 is 7.20. The van der Waals surface area contributed by atoms with Crippen LogP contribution >= 0.6 is 39.0 Å². The molecule has 0 bridgehead atoms. The van der Waals surface area contributed by atoms with E-state index >= 15 is 0 Å². The zero-order valence-corrected chi connectivity index (χ0v) is 14.4. The van der Waals surface area contributed by atoms with Gasteiger partial charge in [-0.1, -0.05) is 12.1 Å². The van der Waals surface area contributed by atoms with Gasteiger partial charge in [0, 0.05) is 37.8 Å². The number of ether oxygens (including phenoxy) is 1. The van der Waals surface area contributed by atoms with Gasteiger partial charge in [0.15, 0.2) is 0 Å². The van der Waals surface area contributed by atoms with Crippen molar-refractivity contribution in [2.75, 3.05) is 12.8 Å². The predicted molar refractivity (Wildman–Crippen MR) is 90.2 cm³/mol. The molecule has 3 rings (SSSR count). The first-order valence-corrected chi connectivity index (χ1v) is 9.21. The van der Waals surface area contributed by atoms with Gasteiger partial charge >= 0.3 is 0 Å². The van der Waals surface area contributed by atoms with Crippen LogP contribution in [0.3, 0.4) is 0 Å². The number of rotatable bonds is 4. The highest BCUT2D eigenvalue weighted by atomic mass is 79.9. The van der Waals surface area contributed by atoms with Crippen LogP contribution in [-0.2, 0) is 6.42 Å². The zero-order valence-electron chi connectivity index (χ0n) is 11.1. The van der Waals surface area contributed by atoms with E-state index in [2.05, 4.69) is 50.9 Å². The average Bonchev–Trinajstić information content (AvgIpc) is 2.89. The van der Waals surface area contributed by atoms with Crippen molar-refractivity contribution in [3.05, 3.63) is 45.1 Å². The minimum atomic E-state index is 0.209. The normalized spacial score (nSPS) is 19.2. The van der Waals surface area contributed by atoms with Crippen molar-refractivity contribution in [1.82, 2.24) is 5.32 Å². The molecular weight excluding hydrogens is 354 g/mol. The maximum Gasteiger partial charge on any atom is 0.133 e. The minimum Gasteiger partial charge on any atom is -0.487 e. The molecule has 0 spiro atoms. The van der Waals surface area contributed by atoms with Crippen LogP contribution in [0.15, 0.2) is 45.1 Å². The molecule has 2 atom stereocenters. The molecule has 1 aromatic carbocycles. The van der Waals surface area contributed by atoms with Crippen LogP contribution < -0.4 is 10.1 Å². The van der Waals surface area contributed by atoms with E-state index in [1.54, 1.807) is 11.3 Å². The van der Waals surface area contributed by atoms with Crippen molar-refractivity contribution in [3.63, 3.8) is 0 Å². The van der Waals surface area contributed by atoms with Crippen molar-refractivity contribution in [3.8, 4) is 5.75 Å². The van der Waals surface area contributed by atoms with Crippen LogP contribution in [0.2, 0.25) is 0 Å². The second-order valence-electron chi connectivity index (χ2n) is 4.74. The molecule has 1 aromatic heterocycles. The van der Waals surface area contributed by atoms with E-state index in [1.165, 1.54) is 9.77 Å². The molecule has 0 saturated carbocycles. The summed E-state index contributed by atoms with van der Waals surface area (Å²) in [6, 6.07) is 10.8. The maximum absolute atomic E-state index is 6.17. The quantitative estimate of drug-likeness (QED) is 0.872. The smallest absolute Gasteiger partial charge is 0.133 e. The summed E-state index contributed by atoms with van der Waals surface area (Å²) < 4.78 is 7.34. The van der Waals surface area contributed by atoms with Gasteiger partial charge in [0.25, 0.3) is 0 Å². The number of likely N-dealkylation sites (N-methyl/N-ethyl adjacent to an activating group) is 1. The molecule has 2 aromatic rings. The number of thioether (sulfide) groups is 1. The topological polar surface area (TPSA) is 21.3 Å². The first-order chi connectivity index (χ1) is 9.76. The monoisotopic (exact) mass is 369 g/mol. The maximum atomic E-state index is 6.17. The molecule has 0 fully saturated rings. The molecule has 0 saturated heterocycles. The summed E-state index contributed by atoms with van der Waals surface area (Å²) in [5.74, 6) is 2.01. The largest absolute Gasteiger partial charge is 0.487 e. The van der Waals surface area contributed by atoms with Crippen LogP contribution in [0, 0.1) is 0 Å². The first kappa shape index (κ1) is 14.4. The third-order valence-electron chi connectivity index (χ3n) is 3.39. The summed E-state index contributed by atoms with van der Waals surface area (Å²) in [5.41, 5.74) is 0. The van der Waals surface area contributed by atoms with Gasteiger partial charge in [-0.2, -0.15) is 0 Å². The predicted octanol–water partition coefficient (Wildman–Crippen LogP) is 4.19. The lowest BCUT2D eigenvalue weighted by Crippen LogP contribution is -2.45. The van der Waals surface area contributed by atoms with Gasteiger partial charge in [0.1, 0.15) is 11.9 Å². The van der Waals surface area contributed by atoms with E-state index in [0.717, 1.165) is 22.4 Å². The van der Waals surface area contributed by atoms with Gasteiger partial charge in [-0.3, -0.25) is 0 Å². The van der Waals surface area contributed by atoms with Crippen molar-refractivity contribution in [1.29, 1.82) is 0 Å². The molecule has 0 radical (unpaired) electrons. The number of fused-ring (bicyclic) bond motifs is 1. The summed E-state index contributed by atoms with van der Waals surface area (Å²) in [5, 5.41) is 5.55. The SMILES string of the molecule is CNC(Cc1cc(Br)cs1)C1CSc2ccccc2O1. The number of thiophene rings is 1. The molecule has 5 heteroatoms. The Morgan fingerprint density at radius 1 is 1.45 bits per heavy atom. The van der Waals surface area contributed by atoms with Crippen LogP contribution in [0.4, 0.5) is 0 Å². The highest BCUT2D eigenvalue weighted by Crippen LogP contribution is 2.36. The van der Waals surface area contributed by atoms with Gasteiger partial charge < -0.3 is 10.1 Å². The number of para-hydroxylation sites is 1. The van der Waals surface area contributed by atoms with Crippen LogP contribution in [0.25, 0.3) is 0 Å². The molecule has 1 aliphatic heterocycles. The highest BCUT2D eigenvalue weighted by molar-refractivity contribution is 9.10. The van der Waals surface area contributed by atoms with Crippen LogP contribution in [-0.4, -0.2) is 24.9 Å². The lowest BCUT2D eigenvalue weighted by molar-refractivity contribution is 0.170. The van der Waals surface area contributed by atoms with E-state index in [1.807, 2.05) is 24.9 Å². The first-order valence-electron chi connectivity index (χ1n) is 6.55. The third kappa shape index (κ3) is 3.22. The van der Waals surface area contributed by atoms with Gasteiger partial charge in [0.2, 0.25) is 0 Å². The Hall–Kier alpha value is -0.490. The van der Waals surface area contributed by atoms with Crippen molar-refractivity contribution < 1.29 is 4.74 Å². The van der Waals surface area contributed by atoms with E-state index in [-0.39, 0.29) is 6.10 Å². The minimum absolute atomic E-state index is 0.209. The molecule has 1 N–H and O–H groups in total. The number of hydrogen-bond acceptors (Lipinski definition) is 4. The molecule has 0 aliphatic carbocycles. The molecular formula is C15H16BrNOS2. The van der Waals surface area contributed by atoms with E-state index < -0.39 is 0 Å². The van der Waals surface area contributed by atoms with E-state index in [4.69, 9.17) is 4.74 Å². The van der Waals surface area contributed by atoms with Gasteiger partial charge in [-0.15, -0.1) is 23.1 Å². The molecule has 106 valence electrons. The molecule has 2 nitrogen and oxygen atoms in total. The molecule has 2 unspecified atom stereocenters. The Morgan fingerprint density at radius 3 is 3.05 bits per heavy atom. The summed E-state index contributed by atoms with van der Waals surface area (Å²) in [4.78, 5) is 2.63. The summed E-state index contributed by atoms with van der Waals surface area (Å²) in [6.07, 6.45) is 1.21. The van der Waals surface area contributed by atoms with Gasteiger partial charge in [-0.25, -0.2) is 0 Å². The Balaban J connectivity index is 1.71. The standard InChI is InChI=1S/C15H16BrNOS2/c1-17-12(7-11-6-10(16)8-19-11)14-9-20-15-5-3-2-4-13(15)18-14/h2-6,8,12,14,17H,7,9H2,1H3. The van der Waals surface area contributed by atoms with Crippen LogP contribution in [0.5, 0.6) is 5.75 Å². The molecule has 0 amide bonds. The number of nitrogens with one attached hydrogen (secondary N) is 1. The highest BCUT2D eigenvalue weighted by Gasteiger charge is 2.27. The fraction of sp³-hybridized carbons (Fsp3) is 0.333. The summed E-state index contributed by atoms with van der Waals surface area (Å²) in [7, 11) is 2.02. The molecule has 2 heterocycles. The number of halogens is 1. The van der Waals surface area contributed by atoms with Crippen LogP contribution in [0.1, 0.15) is 4.88 Å². The summed E-state index contributed by atoms with van der Waals surface area (Å²) in [6.45, 7) is 0. The Morgan fingerprint density at radius 2 is 2.30 bits per heavy atom. The van der Waals surface area contributed by atoms with Gasteiger partial charge in [0.05, 0.1) is 0 Å². The van der Waals surface area contributed by atoms with Crippen molar-refractivity contribution >= 4 is 39.0 Å². The second kappa shape index (κ2) is 6.52. The second-order valence-corrected chi connectivity index (χ2v) is 7.72. The third-order valence-corrected chi connectivity index (χ3v) is 6.26. The van der Waals surface area contributed by atoms with Gasteiger partial charge in [-0.05, 0) is 41.2 Å². The lowest BCUT2D eigenvalue weighted by Gasteiger charge is -2.31. The number of hydrogen-bond donors (Lipinski definition) is 1.